The Kier molecular flexibility index (Phi) is 7.57. The van der Waals surface area contributed by atoms with Gasteiger partial charge in [0.15, 0.2) is 11.6 Å². The molecule has 2 aromatic rings. The molecule has 1 aliphatic heterocycles. The van der Waals surface area contributed by atoms with Crippen molar-refractivity contribution >= 4 is 17.5 Å². The van der Waals surface area contributed by atoms with Crippen LogP contribution in [0.25, 0.3) is 0 Å². The number of carbonyl (C=O) groups is 2. The number of carbonyl (C=O) groups excluding carboxylic acids is 2. The summed E-state index contributed by atoms with van der Waals surface area (Å²) < 4.78 is 18.6. The van der Waals surface area contributed by atoms with Gasteiger partial charge in [-0.2, -0.15) is 0 Å². The number of ether oxygens (including phenoxy) is 1. The number of benzene rings is 1. The molecule has 0 saturated heterocycles. The third kappa shape index (κ3) is 6.12. The predicted molar refractivity (Wildman–Crippen MR) is 126 cm³/mol. The van der Waals surface area contributed by atoms with E-state index in [1.165, 1.54) is 13.2 Å². The van der Waals surface area contributed by atoms with Gasteiger partial charge in [-0.3, -0.25) is 9.59 Å². The Morgan fingerprint density at radius 1 is 1.17 bits per heavy atom. The normalized spacial score (nSPS) is 21.6. The summed E-state index contributed by atoms with van der Waals surface area (Å²) in [7, 11) is 1.39. The Hall–Kier alpha value is -3.56. The van der Waals surface area contributed by atoms with Gasteiger partial charge in [0.2, 0.25) is 5.91 Å². The Morgan fingerprint density at radius 3 is 2.66 bits per heavy atom. The van der Waals surface area contributed by atoms with Crippen molar-refractivity contribution < 1.29 is 23.6 Å². The van der Waals surface area contributed by atoms with Gasteiger partial charge in [0.05, 0.1) is 12.8 Å². The van der Waals surface area contributed by atoms with E-state index >= 15 is 0 Å². The van der Waals surface area contributed by atoms with E-state index in [9.17, 15) is 14.0 Å². The SMILES string of the molecule is COc1cc(CNC(=O)c2cc(C3=NO[C@@H]([C@H]4CC[C@H](NC(C)=O)CC4)C3)nc(C)n2)ccc1F. The summed E-state index contributed by atoms with van der Waals surface area (Å²) >= 11 is 0. The maximum atomic E-state index is 13.6. The van der Waals surface area contributed by atoms with Gasteiger partial charge in [-0.05, 0) is 62.3 Å². The molecular weight excluding hydrogens is 453 g/mol. The molecule has 1 aliphatic carbocycles. The van der Waals surface area contributed by atoms with Gasteiger partial charge in [-0.1, -0.05) is 11.2 Å². The molecule has 35 heavy (non-hydrogen) atoms. The van der Waals surface area contributed by atoms with E-state index in [1.54, 1.807) is 32.0 Å². The first-order valence-electron chi connectivity index (χ1n) is 11.8. The minimum atomic E-state index is -0.461. The van der Waals surface area contributed by atoms with E-state index in [-0.39, 0.29) is 41.9 Å². The van der Waals surface area contributed by atoms with Gasteiger partial charge < -0.3 is 20.2 Å². The molecule has 10 heteroatoms. The van der Waals surface area contributed by atoms with Crippen molar-refractivity contribution in [2.24, 2.45) is 11.1 Å². The van der Waals surface area contributed by atoms with E-state index in [0.717, 1.165) is 25.7 Å². The lowest BCUT2D eigenvalue weighted by Gasteiger charge is -2.31. The average molecular weight is 484 g/mol. The fraction of sp³-hybridized carbons (Fsp3) is 0.480. The summed E-state index contributed by atoms with van der Waals surface area (Å²) in [6.07, 6.45) is 4.35. The van der Waals surface area contributed by atoms with Crippen LogP contribution in [0.2, 0.25) is 0 Å². The zero-order chi connectivity index (χ0) is 24.9. The summed E-state index contributed by atoms with van der Waals surface area (Å²) in [6, 6.07) is 6.27. The molecule has 1 saturated carbocycles. The monoisotopic (exact) mass is 483 g/mol. The van der Waals surface area contributed by atoms with Crippen LogP contribution in [0.15, 0.2) is 29.4 Å². The van der Waals surface area contributed by atoms with Crippen LogP contribution in [-0.4, -0.2) is 46.7 Å². The van der Waals surface area contributed by atoms with Crippen molar-refractivity contribution in [3.63, 3.8) is 0 Å². The minimum Gasteiger partial charge on any atom is -0.494 e. The number of rotatable bonds is 7. The zero-order valence-corrected chi connectivity index (χ0v) is 20.1. The Bertz CT molecular complexity index is 1130. The highest BCUT2D eigenvalue weighted by atomic mass is 19.1. The third-order valence-corrected chi connectivity index (χ3v) is 6.43. The highest BCUT2D eigenvalue weighted by Crippen LogP contribution is 2.33. The van der Waals surface area contributed by atoms with Crippen molar-refractivity contribution in [3.8, 4) is 5.75 Å². The Morgan fingerprint density at radius 2 is 1.94 bits per heavy atom. The average Bonchev–Trinajstić information content (AvgIpc) is 3.33. The smallest absolute Gasteiger partial charge is 0.270 e. The van der Waals surface area contributed by atoms with Crippen LogP contribution in [0.5, 0.6) is 5.75 Å². The number of hydrogen-bond donors (Lipinski definition) is 2. The molecule has 1 atom stereocenters. The minimum absolute atomic E-state index is 0.00699. The molecule has 2 N–H and O–H groups in total. The molecule has 1 aromatic carbocycles. The summed E-state index contributed by atoms with van der Waals surface area (Å²) in [4.78, 5) is 38.5. The lowest BCUT2D eigenvalue weighted by molar-refractivity contribution is -0.120. The summed E-state index contributed by atoms with van der Waals surface area (Å²) in [5.74, 6) is 0.115. The van der Waals surface area contributed by atoms with Crippen molar-refractivity contribution in [1.82, 2.24) is 20.6 Å². The maximum absolute atomic E-state index is 13.6. The van der Waals surface area contributed by atoms with Crippen LogP contribution in [0.1, 0.15) is 66.6 Å². The largest absolute Gasteiger partial charge is 0.494 e. The molecule has 186 valence electrons. The maximum Gasteiger partial charge on any atom is 0.270 e. The van der Waals surface area contributed by atoms with Crippen LogP contribution in [0.3, 0.4) is 0 Å². The molecule has 0 bridgehead atoms. The predicted octanol–water partition coefficient (Wildman–Crippen LogP) is 3.05. The van der Waals surface area contributed by atoms with E-state index in [2.05, 4.69) is 25.8 Å². The van der Waals surface area contributed by atoms with Crippen LogP contribution in [-0.2, 0) is 16.2 Å². The molecule has 4 rings (SSSR count). The first kappa shape index (κ1) is 24.6. The standard InChI is InChI=1S/C25H30FN5O4/c1-14-28-20(21-12-23(35-31-21)17-5-7-18(8-6-17)30-15(2)32)11-22(29-14)25(33)27-13-16-4-9-19(26)24(10-16)34-3/h4,9-11,17-18,23H,5-8,12-13H2,1-3H3,(H,27,33)(H,30,32)/t17-,18-,23-/m1/s1. The van der Waals surface area contributed by atoms with Crippen molar-refractivity contribution in [2.45, 2.75) is 64.6 Å². The molecule has 0 unspecified atom stereocenters. The summed E-state index contributed by atoms with van der Waals surface area (Å²) in [5.41, 5.74) is 2.19. The molecular formula is C25H30FN5O4. The number of methoxy groups -OCH3 is 1. The number of hydrogen-bond acceptors (Lipinski definition) is 7. The number of amides is 2. The third-order valence-electron chi connectivity index (χ3n) is 6.43. The second-order valence-corrected chi connectivity index (χ2v) is 9.04. The highest BCUT2D eigenvalue weighted by Gasteiger charge is 2.34. The molecule has 0 radical (unpaired) electrons. The topological polar surface area (TPSA) is 115 Å². The number of nitrogens with one attached hydrogen (secondary N) is 2. The molecule has 2 aliphatic rings. The summed E-state index contributed by atoms with van der Waals surface area (Å²) in [6.45, 7) is 3.47. The molecule has 9 nitrogen and oxygen atoms in total. The van der Waals surface area contributed by atoms with Crippen molar-refractivity contribution in [1.29, 1.82) is 0 Å². The first-order chi connectivity index (χ1) is 16.8. The van der Waals surface area contributed by atoms with Gasteiger partial charge in [0.25, 0.3) is 5.91 Å². The van der Waals surface area contributed by atoms with Crippen LogP contribution < -0.4 is 15.4 Å². The molecule has 1 aromatic heterocycles. The van der Waals surface area contributed by atoms with Gasteiger partial charge in [0.1, 0.15) is 23.3 Å². The van der Waals surface area contributed by atoms with E-state index in [1.807, 2.05) is 0 Å². The summed E-state index contributed by atoms with van der Waals surface area (Å²) in [5, 5.41) is 10.1. The fourth-order valence-corrected chi connectivity index (χ4v) is 4.64. The van der Waals surface area contributed by atoms with Gasteiger partial charge in [-0.25, -0.2) is 14.4 Å². The number of oxime groups is 1. The van der Waals surface area contributed by atoms with Crippen molar-refractivity contribution in [3.05, 3.63) is 52.9 Å². The van der Waals surface area contributed by atoms with Gasteiger partial charge >= 0.3 is 0 Å². The zero-order valence-electron chi connectivity index (χ0n) is 20.1. The van der Waals surface area contributed by atoms with Crippen LogP contribution in [0, 0.1) is 18.7 Å². The Labute approximate surface area is 203 Å². The second-order valence-electron chi connectivity index (χ2n) is 9.04. The van der Waals surface area contributed by atoms with E-state index in [4.69, 9.17) is 9.57 Å². The number of aromatic nitrogens is 2. The fourth-order valence-electron chi connectivity index (χ4n) is 4.64. The molecule has 2 amide bonds. The first-order valence-corrected chi connectivity index (χ1v) is 11.8. The molecule has 1 fully saturated rings. The highest BCUT2D eigenvalue weighted by molar-refractivity contribution is 6.01. The lowest BCUT2D eigenvalue weighted by Crippen LogP contribution is -2.38. The number of aryl methyl sites for hydroxylation is 1. The number of nitrogens with zero attached hydrogens (tertiary/aromatic N) is 3. The van der Waals surface area contributed by atoms with E-state index < -0.39 is 5.82 Å². The molecule has 2 heterocycles. The van der Waals surface area contributed by atoms with Gasteiger partial charge in [-0.15, -0.1) is 0 Å². The lowest BCUT2D eigenvalue weighted by atomic mass is 9.81. The quantitative estimate of drug-likeness (QED) is 0.626. The number of halogens is 1. The van der Waals surface area contributed by atoms with E-state index in [0.29, 0.717) is 35.1 Å². The van der Waals surface area contributed by atoms with Gasteiger partial charge in [0, 0.05) is 25.9 Å². The van der Waals surface area contributed by atoms with Crippen LogP contribution in [0.4, 0.5) is 4.39 Å². The molecule has 0 spiro atoms. The van der Waals surface area contributed by atoms with Crippen molar-refractivity contribution in [2.75, 3.05) is 7.11 Å². The van der Waals surface area contributed by atoms with Crippen LogP contribution >= 0.6 is 0 Å². The Balaban J connectivity index is 1.36. The second kappa shape index (κ2) is 10.8.